The van der Waals surface area contributed by atoms with E-state index in [1.165, 1.54) is 35.3 Å². The van der Waals surface area contributed by atoms with Crippen LogP contribution in [-0.4, -0.2) is 12.5 Å². The van der Waals surface area contributed by atoms with E-state index in [4.69, 9.17) is 5.73 Å². The average molecular weight is 224 g/mol. The number of thiophene rings is 1. The second-order valence-corrected chi connectivity index (χ2v) is 5.02. The van der Waals surface area contributed by atoms with Crippen molar-refractivity contribution in [2.24, 2.45) is 5.73 Å². The van der Waals surface area contributed by atoms with Gasteiger partial charge in [-0.1, -0.05) is 0 Å². The Hall–Kier alpha value is -0.870. The predicted octanol–water partition coefficient (Wildman–Crippen LogP) is 1.83. The van der Waals surface area contributed by atoms with E-state index in [0.717, 1.165) is 11.4 Å². The highest BCUT2D eigenvalue weighted by molar-refractivity contribution is 7.16. The molecule has 15 heavy (non-hydrogen) atoms. The third-order valence-electron chi connectivity index (χ3n) is 2.87. The summed E-state index contributed by atoms with van der Waals surface area (Å²) in [6.07, 6.45) is 4.88. The number of carbonyl (C=O) groups excluding carboxylic acids is 1. The molecular formula is C11H16N2OS. The Balaban J connectivity index is 2.25. The highest BCUT2D eigenvalue weighted by Crippen LogP contribution is 2.37. The Kier molecular flexibility index (Phi) is 3.07. The highest BCUT2D eigenvalue weighted by Gasteiger charge is 2.18. The van der Waals surface area contributed by atoms with Crippen molar-refractivity contribution in [3.63, 3.8) is 0 Å². The summed E-state index contributed by atoms with van der Waals surface area (Å²) in [5, 5.41) is 3.87. The van der Waals surface area contributed by atoms with Crippen molar-refractivity contribution in [3.8, 4) is 0 Å². The molecule has 3 N–H and O–H groups in total. The molecule has 4 heteroatoms. The Labute approximate surface area is 93.7 Å². The van der Waals surface area contributed by atoms with Crippen LogP contribution in [0.2, 0.25) is 0 Å². The van der Waals surface area contributed by atoms with Crippen LogP contribution < -0.4 is 11.1 Å². The van der Waals surface area contributed by atoms with Crippen LogP contribution in [0.4, 0.5) is 5.00 Å². The van der Waals surface area contributed by atoms with Gasteiger partial charge in [0.05, 0.1) is 11.5 Å². The van der Waals surface area contributed by atoms with Gasteiger partial charge in [0.2, 0.25) is 5.91 Å². The molecule has 1 aliphatic rings. The molecule has 0 spiro atoms. The van der Waals surface area contributed by atoms with Crippen LogP contribution >= 0.6 is 11.3 Å². The molecule has 0 saturated heterocycles. The molecule has 1 aromatic rings. The average Bonchev–Trinajstić information content (AvgIpc) is 2.57. The monoisotopic (exact) mass is 224 g/mol. The fourth-order valence-corrected chi connectivity index (χ4v) is 3.33. The van der Waals surface area contributed by atoms with Crippen molar-refractivity contribution in [3.05, 3.63) is 16.0 Å². The molecule has 1 heterocycles. The lowest BCUT2D eigenvalue weighted by Gasteiger charge is -2.10. The smallest absolute Gasteiger partial charge is 0.238 e. The SMILES string of the molecule is Cc1c(NC(=O)CN)sc2c1CCCC2. The third kappa shape index (κ3) is 2.06. The lowest BCUT2D eigenvalue weighted by Crippen LogP contribution is -2.21. The Morgan fingerprint density at radius 3 is 2.87 bits per heavy atom. The van der Waals surface area contributed by atoms with Crippen LogP contribution in [0.1, 0.15) is 28.8 Å². The summed E-state index contributed by atoms with van der Waals surface area (Å²) in [7, 11) is 0. The summed E-state index contributed by atoms with van der Waals surface area (Å²) in [5.74, 6) is -0.100. The van der Waals surface area contributed by atoms with Gasteiger partial charge in [-0.2, -0.15) is 0 Å². The van der Waals surface area contributed by atoms with E-state index in [1.54, 1.807) is 11.3 Å². The molecule has 1 amide bonds. The van der Waals surface area contributed by atoms with Crippen molar-refractivity contribution < 1.29 is 4.79 Å². The maximum Gasteiger partial charge on any atom is 0.238 e. The van der Waals surface area contributed by atoms with Crippen LogP contribution in [0.25, 0.3) is 0 Å². The molecule has 0 bridgehead atoms. The zero-order chi connectivity index (χ0) is 10.8. The maximum absolute atomic E-state index is 11.2. The number of carbonyl (C=O) groups is 1. The maximum atomic E-state index is 11.2. The first-order chi connectivity index (χ1) is 7.22. The molecule has 0 unspecified atom stereocenters. The number of aryl methyl sites for hydroxylation is 1. The summed E-state index contributed by atoms with van der Waals surface area (Å²) >= 11 is 1.72. The molecule has 0 radical (unpaired) electrons. The van der Waals surface area contributed by atoms with E-state index in [9.17, 15) is 4.79 Å². The normalized spacial score (nSPS) is 14.8. The van der Waals surface area contributed by atoms with Gasteiger partial charge in [-0.25, -0.2) is 0 Å². The van der Waals surface area contributed by atoms with Crippen molar-refractivity contribution in [1.82, 2.24) is 0 Å². The molecule has 0 saturated carbocycles. The first kappa shape index (κ1) is 10.6. The van der Waals surface area contributed by atoms with Crippen LogP contribution in [0.3, 0.4) is 0 Å². The molecule has 0 atom stereocenters. The van der Waals surface area contributed by atoms with Gasteiger partial charge in [-0.3, -0.25) is 4.79 Å². The zero-order valence-electron chi connectivity index (χ0n) is 8.93. The van der Waals surface area contributed by atoms with E-state index in [2.05, 4.69) is 12.2 Å². The van der Waals surface area contributed by atoms with Gasteiger partial charge in [0.1, 0.15) is 0 Å². The number of hydrogen-bond donors (Lipinski definition) is 2. The second-order valence-electron chi connectivity index (χ2n) is 3.92. The summed E-state index contributed by atoms with van der Waals surface area (Å²) < 4.78 is 0. The first-order valence-electron chi connectivity index (χ1n) is 5.33. The number of nitrogens with two attached hydrogens (primary N) is 1. The molecule has 82 valence electrons. The molecule has 2 rings (SSSR count). The Bertz CT molecular complexity index is 384. The minimum absolute atomic E-state index is 0.0575. The molecule has 3 nitrogen and oxygen atoms in total. The van der Waals surface area contributed by atoms with E-state index in [1.807, 2.05) is 0 Å². The summed E-state index contributed by atoms with van der Waals surface area (Å²) in [5.41, 5.74) is 7.99. The number of anilines is 1. The topological polar surface area (TPSA) is 55.1 Å². The molecular weight excluding hydrogens is 208 g/mol. The van der Waals surface area contributed by atoms with E-state index < -0.39 is 0 Å². The van der Waals surface area contributed by atoms with Crippen molar-refractivity contribution in [2.75, 3.05) is 11.9 Å². The van der Waals surface area contributed by atoms with E-state index >= 15 is 0 Å². The lowest BCUT2D eigenvalue weighted by atomic mass is 9.96. The zero-order valence-corrected chi connectivity index (χ0v) is 9.75. The third-order valence-corrected chi connectivity index (χ3v) is 4.18. The minimum Gasteiger partial charge on any atom is -0.322 e. The minimum atomic E-state index is -0.100. The Morgan fingerprint density at radius 2 is 2.20 bits per heavy atom. The van der Waals surface area contributed by atoms with Crippen LogP contribution in [0.15, 0.2) is 0 Å². The van der Waals surface area contributed by atoms with Gasteiger partial charge < -0.3 is 11.1 Å². The van der Waals surface area contributed by atoms with Gasteiger partial charge >= 0.3 is 0 Å². The van der Waals surface area contributed by atoms with Gasteiger partial charge in [-0.05, 0) is 43.7 Å². The number of hydrogen-bond acceptors (Lipinski definition) is 3. The first-order valence-corrected chi connectivity index (χ1v) is 6.15. The molecule has 0 fully saturated rings. The van der Waals surface area contributed by atoms with Crippen molar-refractivity contribution in [2.45, 2.75) is 32.6 Å². The Morgan fingerprint density at radius 1 is 1.47 bits per heavy atom. The fraction of sp³-hybridized carbons (Fsp3) is 0.545. The number of amides is 1. The highest BCUT2D eigenvalue weighted by atomic mass is 32.1. The number of rotatable bonds is 2. The lowest BCUT2D eigenvalue weighted by molar-refractivity contribution is -0.114. The predicted molar refractivity (Wildman–Crippen MR) is 63.4 cm³/mol. The summed E-state index contributed by atoms with van der Waals surface area (Å²) in [6, 6.07) is 0. The summed E-state index contributed by atoms with van der Waals surface area (Å²) in [4.78, 5) is 12.7. The van der Waals surface area contributed by atoms with E-state index in [0.29, 0.717) is 0 Å². The largest absolute Gasteiger partial charge is 0.322 e. The van der Waals surface area contributed by atoms with Crippen molar-refractivity contribution in [1.29, 1.82) is 0 Å². The van der Waals surface area contributed by atoms with Gasteiger partial charge in [0, 0.05) is 4.88 Å². The number of fused-ring (bicyclic) bond motifs is 1. The fourth-order valence-electron chi connectivity index (χ4n) is 2.02. The molecule has 1 aromatic heterocycles. The van der Waals surface area contributed by atoms with Crippen LogP contribution in [-0.2, 0) is 17.6 Å². The molecule has 0 aliphatic heterocycles. The van der Waals surface area contributed by atoms with Crippen LogP contribution in [0, 0.1) is 6.92 Å². The standard InChI is InChI=1S/C11H16N2OS/c1-7-8-4-2-3-5-9(8)15-11(7)13-10(14)6-12/h2-6,12H2,1H3,(H,13,14). The van der Waals surface area contributed by atoms with Gasteiger partial charge in [0.25, 0.3) is 0 Å². The van der Waals surface area contributed by atoms with Crippen LogP contribution in [0.5, 0.6) is 0 Å². The second kappa shape index (κ2) is 4.33. The van der Waals surface area contributed by atoms with Gasteiger partial charge in [0.15, 0.2) is 0 Å². The van der Waals surface area contributed by atoms with Gasteiger partial charge in [-0.15, -0.1) is 11.3 Å². The number of nitrogens with one attached hydrogen (secondary N) is 1. The molecule has 1 aliphatic carbocycles. The quantitative estimate of drug-likeness (QED) is 0.805. The van der Waals surface area contributed by atoms with E-state index in [-0.39, 0.29) is 12.5 Å². The molecule has 0 aromatic carbocycles. The summed E-state index contributed by atoms with van der Waals surface area (Å²) in [6.45, 7) is 2.15. The van der Waals surface area contributed by atoms with Crippen molar-refractivity contribution >= 4 is 22.2 Å².